The van der Waals surface area contributed by atoms with Gasteiger partial charge in [0.2, 0.25) is 0 Å². The van der Waals surface area contributed by atoms with Crippen molar-refractivity contribution in [2.45, 2.75) is 26.6 Å². The van der Waals surface area contributed by atoms with Crippen molar-refractivity contribution < 1.29 is 13.2 Å². The van der Waals surface area contributed by atoms with Gasteiger partial charge in [-0.05, 0) is 44.7 Å². The van der Waals surface area contributed by atoms with E-state index in [0.29, 0.717) is 33.5 Å². The lowest BCUT2D eigenvalue weighted by molar-refractivity contribution is -0.138. The monoisotopic (exact) mass is 531 g/mol. The summed E-state index contributed by atoms with van der Waals surface area (Å²) in [5.74, 6) is 6.14. The van der Waals surface area contributed by atoms with Crippen molar-refractivity contribution in [3.05, 3.63) is 82.7 Å². The Balaban J connectivity index is 1.37. The number of hydrogen-bond acceptors (Lipinski definition) is 7. The van der Waals surface area contributed by atoms with Gasteiger partial charge in [-0.1, -0.05) is 17.9 Å². The van der Waals surface area contributed by atoms with Gasteiger partial charge >= 0.3 is 6.18 Å². The number of aryl methyl sites for hydroxylation is 2. The van der Waals surface area contributed by atoms with Crippen molar-refractivity contribution in [3.8, 4) is 11.8 Å². The number of halogens is 3. The fraction of sp³-hybridized carbons (Fsp3) is 0.310. The molecule has 0 bridgehead atoms. The second-order valence-corrected chi connectivity index (χ2v) is 9.74. The molecule has 1 saturated heterocycles. The molecule has 4 heterocycles. The first-order valence-corrected chi connectivity index (χ1v) is 12.6. The van der Waals surface area contributed by atoms with Gasteiger partial charge in [-0.2, -0.15) is 13.2 Å². The molecule has 1 aromatic carbocycles. The minimum atomic E-state index is -4.46. The molecule has 0 radical (unpaired) electrons. The van der Waals surface area contributed by atoms with Gasteiger partial charge in [0.15, 0.2) is 0 Å². The summed E-state index contributed by atoms with van der Waals surface area (Å²) in [6, 6.07) is 6.13. The van der Waals surface area contributed by atoms with Gasteiger partial charge in [-0.3, -0.25) is 14.9 Å². The Morgan fingerprint density at radius 1 is 0.872 bits per heavy atom. The molecule has 0 atom stereocenters. The highest BCUT2D eigenvalue weighted by Crippen LogP contribution is 2.35. The van der Waals surface area contributed by atoms with Gasteiger partial charge in [-0.25, -0.2) is 9.97 Å². The molecule has 10 heteroatoms. The van der Waals surface area contributed by atoms with E-state index in [1.165, 1.54) is 0 Å². The zero-order chi connectivity index (χ0) is 27.6. The maximum Gasteiger partial charge on any atom is 0.416 e. The maximum atomic E-state index is 14.0. The lowest BCUT2D eigenvalue weighted by Gasteiger charge is -2.33. The minimum absolute atomic E-state index is 0.266. The summed E-state index contributed by atoms with van der Waals surface area (Å²) in [6.45, 7) is 7.22. The summed E-state index contributed by atoms with van der Waals surface area (Å²) in [5, 5.41) is 3.05. The number of nitrogens with zero attached hydrogens (tertiary/aromatic N) is 6. The van der Waals surface area contributed by atoms with Crippen molar-refractivity contribution in [1.29, 1.82) is 0 Å². The Morgan fingerprint density at radius 2 is 1.62 bits per heavy atom. The van der Waals surface area contributed by atoms with Crippen LogP contribution in [-0.4, -0.2) is 63.0 Å². The number of hydrogen-bond donors (Lipinski definition) is 1. The van der Waals surface area contributed by atoms with Crippen molar-refractivity contribution in [1.82, 2.24) is 29.7 Å². The van der Waals surface area contributed by atoms with Crippen LogP contribution >= 0.6 is 0 Å². The third-order valence-electron chi connectivity index (χ3n) is 6.76. The Bertz CT molecular complexity index is 1570. The molecule has 0 unspecified atom stereocenters. The van der Waals surface area contributed by atoms with Crippen LogP contribution in [0, 0.1) is 25.7 Å². The Labute approximate surface area is 225 Å². The largest absolute Gasteiger partial charge is 0.416 e. The van der Waals surface area contributed by atoms with Gasteiger partial charge in [0.1, 0.15) is 11.0 Å². The molecule has 0 amide bonds. The molecule has 7 nitrogen and oxygen atoms in total. The summed E-state index contributed by atoms with van der Waals surface area (Å²) >= 11 is 0. The van der Waals surface area contributed by atoms with Gasteiger partial charge in [0, 0.05) is 56.4 Å². The van der Waals surface area contributed by atoms with E-state index in [1.807, 2.05) is 20.9 Å². The third-order valence-corrected chi connectivity index (χ3v) is 6.76. The zero-order valence-electron chi connectivity index (χ0n) is 22.0. The van der Waals surface area contributed by atoms with Crippen molar-refractivity contribution in [2.24, 2.45) is 0 Å². The highest BCUT2D eigenvalue weighted by molar-refractivity contribution is 5.80. The summed E-state index contributed by atoms with van der Waals surface area (Å²) in [7, 11) is 2.02. The highest BCUT2D eigenvalue weighted by atomic mass is 19.4. The van der Waals surface area contributed by atoms with E-state index in [1.54, 1.807) is 43.0 Å². The number of likely N-dealkylation sites (N-methyl/N-ethyl adjacent to an activating group) is 1. The molecule has 1 fully saturated rings. The standard InChI is InChI=1S/C29H28F3N7/c1-19-20(2)36-28-22(15-34-17-27(28)35-19)5-4-21-12-25(16-33-14-21)37-24-7-6-23(26(13-24)29(30,31)32)18-39-10-8-38(3)9-11-39/h6-7,12-17,37H,8-11,18H2,1-3H3. The van der Waals surface area contributed by atoms with Gasteiger partial charge in [-0.15, -0.1) is 0 Å². The van der Waals surface area contributed by atoms with E-state index in [2.05, 4.69) is 46.9 Å². The highest BCUT2D eigenvalue weighted by Gasteiger charge is 2.34. The summed E-state index contributed by atoms with van der Waals surface area (Å²) < 4.78 is 41.9. The molecule has 0 saturated carbocycles. The SMILES string of the molecule is Cc1nc2cncc(C#Cc3cncc(Nc4ccc(CN5CCN(C)CC5)c(C(F)(F)F)c4)c3)c2nc1C. The van der Waals surface area contributed by atoms with E-state index in [4.69, 9.17) is 0 Å². The predicted octanol–water partition coefficient (Wildman–Crippen LogP) is 4.95. The fourth-order valence-corrected chi connectivity index (χ4v) is 4.43. The molecular formula is C29H28F3N7. The van der Waals surface area contributed by atoms with Crippen LogP contribution in [0.4, 0.5) is 24.5 Å². The van der Waals surface area contributed by atoms with Crippen LogP contribution in [-0.2, 0) is 12.7 Å². The van der Waals surface area contributed by atoms with Crippen LogP contribution < -0.4 is 5.32 Å². The molecule has 5 rings (SSSR count). The van der Waals surface area contributed by atoms with Crippen LogP contribution in [0.1, 0.15) is 33.6 Å². The Kier molecular flexibility index (Phi) is 7.46. The molecular weight excluding hydrogens is 503 g/mol. The first kappa shape index (κ1) is 26.5. The number of fused-ring (bicyclic) bond motifs is 1. The number of aromatic nitrogens is 4. The molecule has 200 valence electrons. The number of anilines is 2. The topological polar surface area (TPSA) is 70.1 Å². The molecule has 3 aromatic heterocycles. The lowest BCUT2D eigenvalue weighted by atomic mass is 10.0. The molecule has 0 aliphatic carbocycles. The van der Waals surface area contributed by atoms with E-state index in [0.717, 1.165) is 43.6 Å². The first-order valence-electron chi connectivity index (χ1n) is 12.6. The molecule has 4 aromatic rings. The van der Waals surface area contributed by atoms with E-state index >= 15 is 0 Å². The van der Waals surface area contributed by atoms with Crippen LogP contribution in [0.3, 0.4) is 0 Å². The van der Waals surface area contributed by atoms with Crippen LogP contribution in [0.25, 0.3) is 11.0 Å². The molecule has 1 N–H and O–H groups in total. The van der Waals surface area contributed by atoms with E-state index in [9.17, 15) is 13.2 Å². The number of rotatable bonds is 4. The zero-order valence-corrected chi connectivity index (χ0v) is 22.0. The molecule has 0 spiro atoms. The second kappa shape index (κ2) is 11.0. The van der Waals surface area contributed by atoms with Crippen molar-refractivity contribution in [2.75, 3.05) is 38.5 Å². The second-order valence-electron chi connectivity index (χ2n) is 9.74. The van der Waals surface area contributed by atoms with Crippen LogP contribution in [0.5, 0.6) is 0 Å². The normalized spacial score (nSPS) is 14.7. The van der Waals surface area contributed by atoms with Gasteiger partial charge in [0.25, 0.3) is 0 Å². The Morgan fingerprint density at radius 3 is 2.38 bits per heavy atom. The number of alkyl halides is 3. The number of nitrogens with one attached hydrogen (secondary N) is 1. The number of benzene rings is 1. The molecule has 39 heavy (non-hydrogen) atoms. The lowest BCUT2D eigenvalue weighted by Crippen LogP contribution is -2.44. The van der Waals surface area contributed by atoms with Crippen molar-refractivity contribution >= 4 is 22.4 Å². The smallest absolute Gasteiger partial charge is 0.354 e. The Hall–Kier alpha value is -4.07. The van der Waals surface area contributed by atoms with E-state index < -0.39 is 11.7 Å². The van der Waals surface area contributed by atoms with Crippen molar-refractivity contribution in [3.63, 3.8) is 0 Å². The third kappa shape index (κ3) is 6.33. The van der Waals surface area contributed by atoms with Crippen LogP contribution in [0.15, 0.2) is 49.1 Å². The average molecular weight is 532 g/mol. The summed E-state index contributed by atoms with van der Waals surface area (Å²) in [6.07, 6.45) is 1.97. The van der Waals surface area contributed by atoms with Gasteiger partial charge < -0.3 is 10.2 Å². The first-order chi connectivity index (χ1) is 18.7. The summed E-state index contributed by atoms with van der Waals surface area (Å²) in [5.41, 5.74) is 4.70. The quantitative estimate of drug-likeness (QED) is 0.374. The van der Waals surface area contributed by atoms with Gasteiger partial charge in [0.05, 0.1) is 40.6 Å². The minimum Gasteiger partial charge on any atom is -0.354 e. The van der Waals surface area contributed by atoms with E-state index in [-0.39, 0.29) is 12.1 Å². The fourth-order valence-electron chi connectivity index (χ4n) is 4.43. The maximum absolute atomic E-state index is 14.0. The number of pyridine rings is 2. The van der Waals surface area contributed by atoms with Crippen LogP contribution in [0.2, 0.25) is 0 Å². The number of piperazine rings is 1. The molecule has 1 aliphatic heterocycles. The average Bonchev–Trinajstić information content (AvgIpc) is 2.90. The molecule has 1 aliphatic rings. The summed E-state index contributed by atoms with van der Waals surface area (Å²) in [4.78, 5) is 21.8. The predicted molar refractivity (Wildman–Crippen MR) is 145 cm³/mol.